The molecule has 2 aromatic rings. The number of rotatable bonds is 5. The maximum absolute atomic E-state index is 12.0. The van der Waals surface area contributed by atoms with Crippen LogP contribution in [0.15, 0.2) is 6.20 Å². The molecule has 0 spiro atoms. The third kappa shape index (κ3) is 2.65. The van der Waals surface area contributed by atoms with Crippen LogP contribution in [-0.2, 0) is 18.3 Å². The Labute approximate surface area is 126 Å². The van der Waals surface area contributed by atoms with E-state index in [-0.39, 0.29) is 0 Å². The highest BCUT2D eigenvalue weighted by Crippen LogP contribution is 2.41. The van der Waals surface area contributed by atoms with E-state index in [1.807, 2.05) is 7.05 Å². The third-order valence-electron chi connectivity index (χ3n) is 3.53. The van der Waals surface area contributed by atoms with Crippen LogP contribution in [0.4, 0.5) is 0 Å². The van der Waals surface area contributed by atoms with Crippen molar-refractivity contribution < 1.29 is 9.53 Å². The lowest BCUT2D eigenvalue weighted by Gasteiger charge is -2.07. The van der Waals surface area contributed by atoms with E-state index in [1.54, 1.807) is 22.4 Å². The standard InChI is InChI=1S/C13H16ClN5O2/c1-3-21-13(20)11-12(8-4-5-8)19(17-16-11)7-10-15-6-9(14)18(10)2/h6,8H,3-5,7H2,1-2H3. The van der Waals surface area contributed by atoms with Crippen molar-refractivity contribution in [3.63, 3.8) is 0 Å². The predicted octanol–water partition coefficient (Wildman–Crippen LogP) is 1.77. The SMILES string of the molecule is CCOC(=O)c1nnn(Cc2ncc(Cl)n2C)c1C1CC1. The molecule has 0 aliphatic heterocycles. The van der Waals surface area contributed by atoms with Gasteiger partial charge in [0, 0.05) is 13.0 Å². The molecule has 0 atom stereocenters. The summed E-state index contributed by atoms with van der Waals surface area (Å²) < 4.78 is 8.55. The molecule has 21 heavy (non-hydrogen) atoms. The molecule has 0 radical (unpaired) electrons. The molecule has 0 bridgehead atoms. The highest BCUT2D eigenvalue weighted by Gasteiger charge is 2.34. The van der Waals surface area contributed by atoms with Gasteiger partial charge in [0.25, 0.3) is 0 Å². The molecule has 0 saturated heterocycles. The predicted molar refractivity (Wildman–Crippen MR) is 75.3 cm³/mol. The normalized spacial score (nSPS) is 14.4. The Hall–Kier alpha value is -1.89. The molecule has 112 valence electrons. The minimum Gasteiger partial charge on any atom is -0.461 e. The third-order valence-corrected chi connectivity index (χ3v) is 3.88. The molecule has 8 heteroatoms. The van der Waals surface area contributed by atoms with Crippen molar-refractivity contribution in [2.45, 2.75) is 32.2 Å². The van der Waals surface area contributed by atoms with Crippen molar-refractivity contribution in [3.05, 3.63) is 28.6 Å². The number of imidazole rings is 1. The van der Waals surface area contributed by atoms with Gasteiger partial charge in [0.2, 0.25) is 0 Å². The summed E-state index contributed by atoms with van der Waals surface area (Å²) >= 11 is 5.99. The van der Waals surface area contributed by atoms with E-state index in [2.05, 4.69) is 15.3 Å². The molecule has 0 N–H and O–H groups in total. The smallest absolute Gasteiger partial charge is 0.360 e. The van der Waals surface area contributed by atoms with Crippen molar-refractivity contribution in [1.82, 2.24) is 24.5 Å². The molecule has 1 fully saturated rings. The molecule has 2 heterocycles. The molecule has 1 saturated carbocycles. The number of ether oxygens (including phenoxy) is 1. The summed E-state index contributed by atoms with van der Waals surface area (Å²) in [6, 6.07) is 0. The van der Waals surface area contributed by atoms with Gasteiger partial charge >= 0.3 is 5.97 Å². The quantitative estimate of drug-likeness (QED) is 0.787. The van der Waals surface area contributed by atoms with E-state index in [1.165, 1.54) is 0 Å². The van der Waals surface area contributed by atoms with Crippen LogP contribution >= 0.6 is 11.6 Å². The summed E-state index contributed by atoms with van der Waals surface area (Å²) in [4.78, 5) is 16.2. The molecule has 7 nitrogen and oxygen atoms in total. The highest BCUT2D eigenvalue weighted by molar-refractivity contribution is 6.29. The second-order valence-corrected chi connectivity index (χ2v) is 5.42. The van der Waals surface area contributed by atoms with Gasteiger partial charge in [0.15, 0.2) is 5.69 Å². The maximum Gasteiger partial charge on any atom is 0.360 e. The number of hydrogen-bond donors (Lipinski definition) is 0. The second-order valence-electron chi connectivity index (χ2n) is 5.03. The number of esters is 1. The van der Waals surface area contributed by atoms with Gasteiger partial charge in [-0.1, -0.05) is 16.8 Å². The van der Waals surface area contributed by atoms with Crippen LogP contribution in [0.2, 0.25) is 5.15 Å². The van der Waals surface area contributed by atoms with E-state index in [0.29, 0.717) is 29.9 Å². The van der Waals surface area contributed by atoms with Crippen LogP contribution in [0.5, 0.6) is 0 Å². The Morgan fingerprint density at radius 1 is 1.52 bits per heavy atom. The Morgan fingerprint density at radius 2 is 2.29 bits per heavy atom. The first-order valence-corrected chi connectivity index (χ1v) is 7.26. The monoisotopic (exact) mass is 309 g/mol. The Morgan fingerprint density at radius 3 is 2.86 bits per heavy atom. The molecular weight excluding hydrogens is 294 g/mol. The van der Waals surface area contributed by atoms with Crippen LogP contribution in [0.1, 0.15) is 47.7 Å². The second kappa shape index (κ2) is 5.48. The molecular formula is C13H16ClN5O2. The zero-order chi connectivity index (χ0) is 15.0. The molecule has 3 rings (SSSR count). The van der Waals surface area contributed by atoms with E-state index in [9.17, 15) is 4.79 Å². The lowest BCUT2D eigenvalue weighted by atomic mass is 10.2. The lowest BCUT2D eigenvalue weighted by molar-refractivity contribution is 0.0518. The van der Waals surface area contributed by atoms with Crippen molar-refractivity contribution in [1.29, 1.82) is 0 Å². The van der Waals surface area contributed by atoms with Gasteiger partial charge in [-0.2, -0.15) is 0 Å². The van der Waals surface area contributed by atoms with Gasteiger partial charge in [0.05, 0.1) is 18.5 Å². The van der Waals surface area contributed by atoms with Crippen LogP contribution in [0, 0.1) is 0 Å². The van der Waals surface area contributed by atoms with Gasteiger partial charge in [-0.15, -0.1) is 5.10 Å². The number of halogens is 1. The molecule has 1 aliphatic rings. The summed E-state index contributed by atoms with van der Waals surface area (Å²) in [6.45, 7) is 2.53. The van der Waals surface area contributed by atoms with Crippen molar-refractivity contribution >= 4 is 17.6 Å². The number of carbonyl (C=O) groups excluding carboxylic acids is 1. The number of carbonyl (C=O) groups is 1. The van der Waals surface area contributed by atoms with Gasteiger partial charge < -0.3 is 9.30 Å². The average Bonchev–Trinajstić information content (AvgIpc) is 3.15. The molecule has 2 aromatic heterocycles. The first-order chi connectivity index (χ1) is 10.1. The molecule has 0 amide bonds. The zero-order valence-corrected chi connectivity index (χ0v) is 12.7. The Kier molecular flexibility index (Phi) is 3.67. The van der Waals surface area contributed by atoms with Crippen LogP contribution < -0.4 is 0 Å². The van der Waals surface area contributed by atoms with Crippen LogP contribution in [0.3, 0.4) is 0 Å². The van der Waals surface area contributed by atoms with E-state index in [0.717, 1.165) is 24.4 Å². The summed E-state index contributed by atoms with van der Waals surface area (Å²) in [5, 5.41) is 8.65. The molecule has 1 aliphatic carbocycles. The fraction of sp³-hybridized carbons (Fsp3) is 0.538. The number of nitrogens with zero attached hydrogens (tertiary/aromatic N) is 5. The minimum atomic E-state index is -0.413. The summed E-state index contributed by atoms with van der Waals surface area (Å²) in [5.74, 6) is 0.681. The molecule has 0 aromatic carbocycles. The summed E-state index contributed by atoms with van der Waals surface area (Å²) in [7, 11) is 1.84. The first kappa shape index (κ1) is 14.1. The van der Waals surface area contributed by atoms with Crippen molar-refractivity contribution in [2.24, 2.45) is 7.05 Å². The highest BCUT2D eigenvalue weighted by atomic mass is 35.5. The van der Waals surface area contributed by atoms with E-state index >= 15 is 0 Å². The maximum atomic E-state index is 12.0. The minimum absolute atomic E-state index is 0.319. The largest absolute Gasteiger partial charge is 0.461 e. The average molecular weight is 310 g/mol. The number of aromatic nitrogens is 5. The van der Waals surface area contributed by atoms with Crippen LogP contribution in [-0.4, -0.2) is 37.1 Å². The van der Waals surface area contributed by atoms with Gasteiger partial charge in [-0.25, -0.2) is 14.5 Å². The van der Waals surface area contributed by atoms with Gasteiger partial charge in [-0.05, 0) is 19.8 Å². The Bertz CT molecular complexity index is 674. The first-order valence-electron chi connectivity index (χ1n) is 6.88. The summed E-state index contributed by atoms with van der Waals surface area (Å²) in [6.07, 6.45) is 3.68. The van der Waals surface area contributed by atoms with E-state index < -0.39 is 5.97 Å². The molecule has 0 unspecified atom stereocenters. The topological polar surface area (TPSA) is 74.8 Å². The fourth-order valence-corrected chi connectivity index (χ4v) is 2.39. The number of hydrogen-bond acceptors (Lipinski definition) is 5. The van der Waals surface area contributed by atoms with Crippen molar-refractivity contribution in [2.75, 3.05) is 6.61 Å². The van der Waals surface area contributed by atoms with Gasteiger partial charge in [0.1, 0.15) is 17.5 Å². The fourth-order valence-electron chi connectivity index (χ4n) is 2.25. The van der Waals surface area contributed by atoms with Crippen molar-refractivity contribution in [3.8, 4) is 0 Å². The van der Waals surface area contributed by atoms with Gasteiger partial charge in [-0.3, -0.25) is 0 Å². The Balaban J connectivity index is 1.92. The lowest BCUT2D eigenvalue weighted by Crippen LogP contribution is -2.13. The zero-order valence-electron chi connectivity index (χ0n) is 11.9. The van der Waals surface area contributed by atoms with Crippen LogP contribution in [0.25, 0.3) is 0 Å². The summed E-state index contributed by atoms with van der Waals surface area (Å²) in [5.41, 5.74) is 1.16. The van der Waals surface area contributed by atoms with E-state index in [4.69, 9.17) is 16.3 Å².